The van der Waals surface area contributed by atoms with E-state index >= 15 is 0 Å². The zero-order valence-electron chi connectivity index (χ0n) is 15.8. The summed E-state index contributed by atoms with van der Waals surface area (Å²) in [6.45, 7) is 6.75. The molecule has 1 aliphatic rings. The molecule has 28 heavy (non-hydrogen) atoms. The molecule has 7 nitrogen and oxygen atoms in total. The molecular formula is C20H21BrN6O. The second kappa shape index (κ2) is 7.71. The number of nitrogens with zero attached hydrogens (tertiary/aromatic N) is 6. The highest BCUT2D eigenvalue weighted by Crippen LogP contribution is 2.19. The molecule has 3 aromatic rings. The van der Waals surface area contributed by atoms with E-state index in [1.54, 1.807) is 6.33 Å². The minimum Gasteiger partial charge on any atom is -0.353 e. The summed E-state index contributed by atoms with van der Waals surface area (Å²) in [6.07, 6.45) is 1.57. The number of rotatable bonds is 3. The Morgan fingerprint density at radius 1 is 1.00 bits per heavy atom. The second-order valence-electron chi connectivity index (χ2n) is 6.86. The normalized spacial score (nSPS) is 14.4. The van der Waals surface area contributed by atoms with Crippen LogP contribution in [-0.4, -0.2) is 56.7 Å². The van der Waals surface area contributed by atoms with Crippen LogP contribution in [-0.2, 0) is 0 Å². The molecule has 4 rings (SSSR count). The molecule has 1 aromatic carbocycles. The van der Waals surface area contributed by atoms with Gasteiger partial charge in [0.05, 0.1) is 5.69 Å². The first-order valence-corrected chi connectivity index (χ1v) is 9.96. The molecule has 3 heterocycles. The molecule has 0 N–H and O–H groups in total. The van der Waals surface area contributed by atoms with Gasteiger partial charge >= 0.3 is 0 Å². The Kier molecular flexibility index (Phi) is 5.13. The summed E-state index contributed by atoms with van der Waals surface area (Å²) >= 11 is 3.43. The number of aryl methyl sites for hydroxylation is 2. The van der Waals surface area contributed by atoms with E-state index in [9.17, 15) is 4.79 Å². The fourth-order valence-corrected chi connectivity index (χ4v) is 3.83. The number of aromatic nitrogens is 4. The molecule has 1 aliphatic heterocycles. The summed E-state index contributed by atoms with van der Waals surface area (Å²) in [5.74, 6) is 1.67. The molecule has 0 saturated carbocycles. The molecule has 1 saturated heterocycles. The molecule has 1 fully saturated rings. The van der Waals surface area contributed by atoms with Gasteiger partial charge in [-0.3, -0.25) is 4.79 Å². The summed E-state index contributed by atoms with van der Waals surface area (Å²) in [6, 6.07) is 11.5. The summed E-state index contributed by atoms with van der Waals surface area (Å²) in [4.78, 5) is 25.6. The Labute approximate surface area is 172 Å². The minimum absolute atomic E-state index is 0.0620. The van der Waals surface area contributed by atoms with E-state index in [1.807, 2.05) is 59.8 Å². The zero-order chi connectivity index (χ0) is 19.7. The van der Waals surface area contributed by atoms with Crippen LogP contribution < -0.4 is 4.90 Å². The van der Waals surface area contributed by atoms with Gasteiger partial charge in [-0.1, -0.05) is 22.0 Å². The van der Waals surface area contributed by atoms with Crippen LogP contribution in [0, 0.1) is 13.8 Å². The molecule has 2 aromatic heterocycles. The monoisotopic (exact) mass is 440 g/mol. The fourth-order valence-electron chi connectivity index (χ4n) is 3.43. The average molecular weight is 441 g/mol. The van der Waals surface area contributed by atoms with Gasteiger partial charge in [0.1, 0.15) is 12.1 Å². The van der Waals surface area contributed by atoms with Crippen molar-refractivity contribution in [2.24, 2.45) is 0 Å². The van der Waals surface area contributed by atoms with Crippen LogP contribution in [0.1, 0.15) is 21.7 Å². The smallest absolute Gasteiger partial charge is 0.254 e. The lowest BCUT2D eigenvalue weighted by Crippen LogP contribution is -2.49. The van der Waals surface area contributed by atoms with Crippen LogP contribution in [0.3, 0.4) is 0 Å². The van der Waals surface area contributed by atoms with Gasteiger partial charge in [-0.05, 0) is 38.1 Å². The van der Waals surface area contributed by atoms with Crippen molar-refractivity contribution in [2.45, 2.75) is 13.8 Å². The highest BCUT2D eigenvalue weighted by Gasteiger charge is 2.23. The first-order chi connectivity index (χ1) is 13.5. The molecule has 1 amide bonds. The van der Waals surface area contributed by atoms with E-state index < -0.39 is 0 Å². The molecule has 144 valence electrons. The van der Waals surface area contributed by atoms with Crippen LogP contribution >= 0.6 is 15.9 Å². The van der Waals surface area contributed by atoms with Crippen molar-refractivity contribution in [3.63, 3.8) is 0 Å². The van der Waals surface area contributed by atoms with Gasteiger partial charge in [0.2, 0.25) is 0 Å². The molecule has 0 radical (unpaired) electrons. The van der Waals surface area contributed by atoms with Crippen LogP contribution in [0.5, 0.6) is 0 Å². The first-order valence-electron chi connectivity index (χ1n) is 9.17. The number of hydrogen-bond acceptors (Lipinski definition) is 5. The number of carbonyl (C=O) groups is 1. The maximum Gasteiger partial charge on any atom is 0.254 e. The second-order valence-corrected chi connectivity index (χ2v) is 7.78. The highest BCUT2D eigenvalue weighted by atomic mass is 79.9. The third-order valence-corrected chi connectivity index (χ3v) is 5.32. The molecule has 8 heteroatoms. The van der Waals surface area contributed by atoms with E-state index in [-0.39, 0.29) is 5.91 Å². The van der Waals surface area contributed by atoms with Gasteiger partial charge in [-0.15, -0.1) is 0 Å². The molecule has 0 spiro atoms. The van der Waals surface area contributed by atoms with Crippen molar-refractivity contribution in [1.29, 1.82) is 0 Å². The van der Waals surface area contributed by atoms with Gasteiger partial charge in [0.25, 0.3) is 5.91 Å². The largest absolute Gasteiger partial charge is 0.353 e. The third-order valence-electron chi connectivity index (χ3n) is 4.83. The maximum atomic E-state index is 12.7. The summed E-state index contributed by atoms with van der Waals surface area (Å²) in [7, 11) is 0. The van der Waals surface area contributed by atoms with Crippen molar-refractivity contribution in [3.05, 3.63) is 64.1 Å². The van der Waals surface area contributed by atoms with Crippen molar-refractivity contribution < 1.29 is 4.79 Å². The van der Waals surface area contributed by atoms with E-state index in [4.69, 9.17) is 0 Å². The maximum absolute atomic E-state index is 12.7. The predicted molar refractivity (Wildman–Crippen MR) is 111 cm³/mol. The van der Waals surface area contributed by atoms with Crippen LogP contribution in [0.25, 0.3) is 5.82 Å². The van der Waals surface area contributed by atoms with Gasteiger partial charge < -0.3 is 9.80 Å². The third kappa shape index (κ3) is 3.77. The lowest BCUT2D eigenvalue weighted by molar-refractivity contribution is 0.0746. The quantitative estimate of drug-likeness (QED) is 0.625. The van der Waals surface area contributed by atoms with E-state index in [1.165, 1.54) is 0 Å². The summed E-state index contributed by atoms with van der Waals surface area (Å²) in [5, 5.41) is 4.49. The van der Waals surface area contributed by atoms with Crippen LogP contribution in [0.15, 0.2) is 47.2 Å². The van der Waals surface area contributed by atoms with Gasteiger partial charge in [-0.2, -0.15) is 5.10 Å². The van der Waals surface area contributed by atoms with Crippen molar-refractivity contribution in [3.8, 4) is 5.82 Å². The van der Waals surface area contributed by atoms with E-state index in [0.717, 1.165) is 40.6 Å². The van der Waals surface area contributed by atoms with Crippen LogP contribution in [0.4, 0.5) is 5.82 Å². The SMILES string of the molecule is Cc1cc(C)n(-c2cc(N3CCN(C(=O)c4cccc(Br)c4)CC3)ncn2)n1. The summed E-state index contributed by atoms with van der Waals surface area (Å²) in [5.41, 5.74) is 2.70. The number of halogens is 1. The van der Waals surface area contributed by atoms with Crippen molar-refractivity contribution >= 4 is 27.7 Å². The number of carbonyl (C=O) groups excluding carboxylic acids is 1. The zero-order valence-corrected chi connectivity index (χ0v) is 17.4. The number of anilines is 1. The van der Waals surface area contributed by atoms with E-state index in [0.29, 0.717) is 18.7 Å². The minimum atomic E-state index is 0.0620. The van der Waals surface area contributed by atoms with Gasteiger partial charge in [0.15, 0.2) is 5.82 Å². The topological polar surface area (TPSA) is 67.2 Å². The lowest BCUT2D eigenvalue weighted by Gasteiger charge is -2.35. The highest BCUT2D eigenvalue weighted by molar-refractivity contribution is 9.10. The standard InChI is InChI=1S/C20H21BrN6O/c1-14-10-15(2)27(24-14)19-12-18(22-13-23-19)25-6-8-26(9-7-25)20(28)16-4-3-5-17(21)11-16/h3-5,10-13H,6-9H2,1-2H3. The Morgan fingerprint density at radius 3 is 2.43 bits per heavy atom. The van der Waals surface area contributed by atoms with Crippen molar-refractivity contribution in [2.75, 3.05) is 31.1 Å². The number of piperazine rings is 1. The van der Waals surface area contributed by atoms with Gasteiger partial charge in [-0.25, -0.2) is 14.6 Å². The molecule has 0 aliphatic carbocycles. The van der Waals surface area contributed by atoms with Crippen LogP contribution in [0.2, 0.25) is 0 Å². The number of hydrogen-bond donors (Lipinski definition) is 0. The Balaban J connectivity index is 1.46. The Hall–Kier alpha value is -2.74. The number of amides is 1. The van der Waals surface area contributed by atoms with Crippen molar-refractivity contribution in [1.82, 2.24) is 24.6 Å². The Morgan fingerprint density at radius 2 is 1.75 bits per heavy atom. The number of benzene rings is 1. The fraction of sp³-hybridized carbons (Fsp3) is 0.300. The lowest BCUT2D eigenvalue weighted by atomic mass is 10.2. The molecular weight excluding hydrogens is 420 g/mol. The van der Waals surface area contributed by atoms with Gasteiger partial charge in [0, 0.05) is 48.0 Å². The Bertz CT molecular complexity index is 1010. The molecule has 0 atom stereocenters. The first kappa shape index (κ1) is 18.6. The molecule has 0 unspecified atom stereocenters. The predicted octanol–water partition coefficient (Wildman–Crippen LogP) is 3.00. The van der Waals surface area contributed by atoms with E-state index in [2.05, 4.69) is 35.9 Å². The average Bonchev–Trinajstić information content (AvgIpc) is 3.06. The summed E-state index contributed by atoms with van der Waals surface area (Å²) < 4.78 is 2.74. The molecule has 0 bridgehead atoms.